The predicted octanol–water partition coefficient (Wildman–Crippen LogP) is 3.78. The van der Waals surface area contributed by atoms with Gasteiger partial charge < -0.3 is 14.2 Å². The van der Waals surface area contributed by atoms with Gasteiger partial charge in [0.15, 0.2) is 5.82 Å². The quantitative estimate of drug-likeness (QED) is 0.816. The molecule has 0 unspecified atom stereocenters. The van der Waals surface area contributed by atoms with E-state index in [0.717, 1.165) is 24.2 Å². The number of benzene rings is 1. The molecule has 26 heavy (non-hydrogen) atoms. The highest BCUT2D eigenvalue weighted by molar-refractivity contribution is 5.80. The van der Waals surface area contributed by atoms with Crippen LogP contribution >= 0.6 is 0 Å². The van der Waals surface area contributed by atoms with Crippen LogP contribution < -0.4 is 4.74 Å². The third-order valence-corrected chi connectivity index (χ3v) is 5.40. The summed E-state index contributed by atoms with van der Waals surface area (Å²) in [5.74, 6) is 2.05. The molecule has 6 nitrogen and oxygen atoms in total. The van der Waals surface area contributed by atoms with Crippen LogP contribution in [0.25, 0.3) is 11.5 Å². The normalized spacial score (nSPS) is 21.3. The van der Waals surface area contributed by atoms with Gasteiger partial charge >= 0.3 is 0 Å². The van der Waals surface area contributed by atoms with Crippen molar-refractivity contribution in [2.75, 3.05) is 13.2 Å². The summed E-state index contributed by atoms with van der Waals surface area (Å²) in [4.78, 5) is 19.1. The number of nitrogens with zero attached hydrogens (tertiary/aromatic N) is 3. The van der Waals surface area contributed by atoms with Crippen molar-refractivity contribution in [2.24, 2.45) is 0 Å². The standard InChI is InChI=1S/C20H25N3O3/c1-2-25-17-11-7-6-10-16(17)20-21-19(22-26-20)14-12-18(24)23(13-14)15-8-4-3-5-9-15/h6-7,10-11,14-15H,2-5,8-9,12-13H2,1H3/t14-/m0/s1. The number of carbonyl (C=O) groups excluding carboxylic acids is 1. The number of hydrogen-bond donors (Lipinski definition) is 0. The number of para-hydroxylation sites is 1. The molecule has 2 aliphatic rings. The number of hydrogen-bond acceptors (Lipinski definition) is 5. The molecule has 0 spiro atoms. The Morgan fingerprint density at radius 3 is 2.85 bits per heavy atom. The lowest BCUT2D eigenvalue weighted by molar-refractivity contribution is -0.130. The Kier molecular flexibility index (Phi) is 4.91. The molecule has 138 valence electrons. The summed E-state index contributed by atoms with van der Waals surface area (Å²) in [5.41, 5.74) is 0.793. The van der Waals surface area contributed by atoms with Gasteiger partial charge in [0.1, 0.15) is 5.75 Å². The first-order valence-electron chi connectivity index (χ1n) is 9.61. The summed E-state index contributed by atoms with van der Waals surface area (Å²) in [6.45, 7) is 3.22. The maximum absolute atomic E-state index is 12.5. The van der Waals surface area contributed by atoms with Crippen molar-refractivity contribution in [1.29, 1.82) is 0 Å². The molecule has 1 aliphatic heterocycles. The van der Waals surface area contributed by atoms with Crippen molar-refractivity contribution >= 4 is 5.91 Å². The van der Waals surface area contributed by atoms with Gasteiger partial charge in [0.2, 0.25) is 5.91 Å². The van der Waals surface area contributed by atoms with Crippen molar-refractivity contribution in [3.05, 3.63) is 30.1 Å². The second kappa shape index (κ2) is 7.48. The monoisotopic (exact) mass is 355 g/mol. The molecule has 2 fully saturated rings. The van der Waals surface area contributed by atoms with Crippen LogP contribution in [0.3, 0.4) is 0 Å². The molecule has 0 N–H and O–H groups in total. The number of carbonyl (C=O) groups is 1. The van der Waals surface area contributed by atoms with Crippen LogP contribution in [0.5, 0.6) is 5.75 Å². The highest BCUT2D eigenvalue weighted by atomic mass is 16.5. The largest absolute Gasteiger partial charge is 0.493 e. The summed E-state index contributed by atoms with van der Waals surface area (Å²) in [6.07, 6.45) is 6.45. The molecule has 0 bridgehead atoms. The fourth-order valence-electron chi connectivity index (χ4n) is 4.08. The van der Waals surface area contributed by atoms with E-state index in [9.17, 15) is 4.79 Å². The Labute approximate surface area is 153 Å². The van der Waals surface area contributed by atoms with E-state index in [-0.39, 0.29) is 11.8 Å². The van der Waals surface area contributed by atoms with Gasteiger partial charge in [-0.3, -0.25) is 4.79 Å². The fourth-order valence-corrected chi connectivity index (χ4v) is 4.08. The van der Waals surface area contributed by atoms with Gasteiger partial charge in [-0.15, -0.1) is 0 Å². The Morgan fingerprint density at radius 2 is 2.04 bits per heavy atom. The topological polar surface area (TPSA) is 68.5 Å². The number of aromatic nitrogens is 2. The minimum Gasteiger partial charge on any atom is -0.493 e. The van der Waals surface area contributed by atoms with Gasteiger partial charge in [-0.1, -0.05) is 36.6 Å². The molecule has 1 saturated carbocycles. The zero-order valence-electron chi connectivity index (χ0n) is 15.2. The van der Waals surface area contributed by atoms with Crippen LogP contribution in [0.15, 0.2) is 28.8 Å². The minimum atomic E-state index is 0.0150. The highest BCUT2D eigenvalue weighted by Crippen LogP contribution is 2.34. The maximum atomic E-state index is 12.5. The second-order valence-electron chi connectivity index (χ2n) is 7.13. The van der Waals surface area contributed by atoms with Gasteiger partial charge in [0, 0.05) is 24.9 Å². The van der Waals surface area contributed by atoms with Crippen LogP contribution in [0.4, 0.5) is 0 Å². The summed E-state index contributed by atoms with van der Waals surface area (Å²) in [7, 11) is 0. The average molecular weight is 355 g/mol. The number of likely N-dealkylation sites (tertiary alicyclic amines) is 1. The molecule has 1 aromatic heterocycles. The molecular weight excluding hydrogens is 330 g/mol. The van der Waals surface area contributed by atoms with Crippen LogP contribution in [0, 0.1) is 0 Å². The smallest absolute Gasteiger partial charge is 0.261 e. The molecule has 4 rings (SSSR count). The fraction of sp³-hybridized carbons (Fsp3) is 0.550. The molecule has 6 heteroatoms. The van der Waals surface area contributed by atoms with Crippen LogP contribution in [0.2, 0.25) is 0 Å². The first kappa shape index (κ1) is 17.1. The number of amides is 1. The van der Waals surface area contributed by atoms with Gasteiger partial charge in [-0.05, 0) is 31.9 Å². The van der Waals surface area contributed by atoms with E-state index < -0.39 is 0 Å². The van der Waals surface area contributed by atoms with E-state index in [2.05, 4.69) is 10.1 Å². The van der Waals surface area contributed by atoms with Crippen molar-refractivity contribution in [3.8, 4) is 17.2 Å². The Hall–Kier alpha value is -2.37. The van der Waals surface area contributed by atoms with Crippen molar-refractivity contribution < 1.29 is 14.1 Å². The zero-order chi connectivity index (χ0) is 17.9. The predicted molar refractivity (Wildman–Crippen MR) is 96.8 cm³/mol. The molecule has 2 heterocycles. The Morgan fingerprint density at radius 1 is 1.23 bits per heavy atom. The summed E-state index contributed by atoms with van der Waals surface area (Å²) in [6, 6.07) is 8.05. The van der Waals surface area contributed by atoms with E-state index in [1.807, 2.05) is 36.1 Å². The van der Waals surface area contributed by atoms with Crippen LogP contribution in [-0.4, -0.2) is 40.1 Å². The molecule has 1 aliphatic carbocycles. The molecule has 1 atom stereocenters. The lowest BCUT2D eigenvalue weighted by atomic mass is 9.94. The molecule has 0 radical (unpaired) electrons. The Bertz CT molecular complexity index is 767. The second-order valence-corrected chi connectivity index (χ2v) is 7.13. The summed E-state index contributed by atoms with van der Waals surface area (Å²) < 4.78 is 11.1. The van der Waals surface area contributed by atoms with E-state index in [0.29, 0.717) is 37.3 Å². The Balaban J connectivity index is 1.51. The first-order chi connectivity index (χ1) is 12.8. The zero-order valence-corrected chi connectivity index (χ0v) is 15.2. The van der Waals surface area contributed by atoms with Gasteiger partial charge in [0.25, 0.3) is 5.89 Å². The van der Waals surface area contributed by atoms with E-state index in [4.69, 9.17) is 9.26 Å². The van der Waals surface area contributed by atoms with Crippen molar-refractivity contribution in [1.82, 2.24) is 15.0 Å². The van der Waals surface area contributed by atoms with Gasteiger partial charge in [-0.2, -0.15) is 4.98 Å². The summed E-state index contributed by atoms with van der Waals surface area (Å²) in [5, 5.41) is 4.17. The molecular formula is C20H25N3O3. The molecule has 2 aromatic rings. The summed E-state index contributed by atoms with van der Waals surface area (Å²) >= 11 is 0. The molecule has 1 saturated heterocycles. The minimum absolute atomic E-state index is 0.0150. The van der Waals surface area contributed by atoms with E-state index in [1.54, 1.807) is 0 Å². The van der Waals surface area contributed by atoms with E-state index in [1.165, 1.54) is 19.3 Å². The van der Waals surface area contributed by atoms with E-state index >= 15 is 0 Å². The van der Waals surface area contributed by atoms with Crippen LogP contribution in [0.1, 0.15) is 57.2 Å². The molecule has 1 amide bonds. The third-order valence-electron chi connectivity index (χ3n) is 5.40. The van der Waals surface area contributed by atoms with Crippen molar-refractivity contribution in [2.45, 2.75) is 57.4 Å². The third kappa shape index (κ3) is 3.32. The SMILES string of the molecule is CCOc1ccccc1-c1nc([C@H]2CC(=O)N(C3CCCCC3)C2)no1. The average Bonchev–Trinajstić information content (AvgIpc) is 3.30. The van der Waals surface area contributed by atoms with Crippen molar-refractivity contribution in [3.63, 3.8) is 0 Å². The van der Waals surface area contributed by atoms with Gasteiger partial charge in [-0.25, -0.2) is 0 Å². The molecule has 1 aromatic carbocycles. The lowest BCUT2D eigenvalue weighted by Gasteiger charge is -2.31. The maximum Gasteiger partial charge on any atom is 0.261 e. The lowest BCUT2D eigenvalue weighted by Crippen LogP contribution is -2.37. The van der Waals surface area contributed by atoms with Crippen LogP contribution in [-0.2, 0) is 4.79 Å². The number of ether oxygens (including phenoxy) is 1. The first-order valence-corrected chi connectivity index (χ1v) is 9.61. The van der Waals surface area contributed by atoms with Gasteiger partial charge in [0.05, 0.1) is 12.2 Å². The highest BCUT2D eigenvalue weighted by Gasteiger charge is 2.37. The number of rotatable bonds is 5.